The minimum absolute atomic E-state index is 0.0868. The summed E-state index contributed by atoms with van der Waals surface area (Å²) in [4.78, 5) is 0. The van der Waals surface area contributed by atoms with Crippen LogP contribution in [0.5, 0.6) is 0 Å². The van der Waals surface area contributed by atoms with Crippen LogP contribution in [0.15, 0.2) is 53.7 Å². The minimum Gasteiger partial charge on any atom is -0.491 e. The second-order valence-corrected chi connectivity index (χ2v) is 8.43. The van der Waals surface area contributed by atoms with E-state index in [9.17, 15) is 10.2 Å². The fourth-order valence-corrected chi connectivity index (χ4v) is 3.06. The molecule has 2 N–H and O–H groups in total. The lowest BCUT2D eigenvalue weighted by atomic mass is 9.71. The van der Waals surface area contributed by atoms with E-state index in [0.717, 1.165) is 25.0 Å². The molecule has 0 spiro atoms. The van der Waals surface area contributed by atoms with Gasteiger partial charge in [-0.25, -0.2) is 0 Å². The Kier molecular flexibility index (Phi) is 11.8. The minimum atomic E-state index is -0.702. The van der Waals surface area contributed by atoms with E-state index in [2.05, 4.69) is 39.2 Å². The van der Waals surface area contributed by atoms with Crippen molar-refractivity contribution in [2.75, 3.05) is 25.0 Å². The van der Waals surface area contributed by atoms with Gasteiger partial charge in [0.25, 0.3) is 0 Å². The third-order valence-corrected chi connectivity index (χ3v) is 5.97. The van der Waals surface area contributed by atoms with Gasteiger partial charge in [0.15, 0.2) is 0 Å². The molecule has 3 atom stereocenters. The van der Waals surface area contributed by atoms with E-state index in [-0.39, 0.29) is 30.4 Å². The van der Waals surface area contributed by atoms with Gasteiger partial charge < -0.3 is 19.7 Å². The van der Waals surface area contributed by atoms with Crippen LogP contribution >= 0.6 is 23.2 Å². The quantitative estimate of drug-likeness (QED) is 0.190. The highest BCUT2D eigenvalue weighted by molar-refractivity contribution is 6.18. The molecule has 0 aliphatic heterocycles. The molecule has 1 rings (SSSR count). The predicted molar refractivity (Wildman–Crippen MR) is 120 cm³/mol. The smallest absolute Gasteiger partial charge is 0.138 e. The summed E-state index contributed by atoms with van der Waals surface area (Å²) in [5.41, 5.74) is 4.39. The average molecular weight is 445 g/mol. The molecule has 0 bridgehead atoms. The highest BCUT2D eigenvalue weighted by Gasteiger charge is 2.30. The van der Waals surface area contributed by atoms with Crippen LogP contribution in [0.2, 0.25) is 0 Å². The van der Waals surface area contributed by atoms with E-state index in [4.69, 9.17) is 32.7 Å². The molecule has 0 saturated heterocycles. The SMILES string of the molecule is C=C/C(=C\C=C(/C)C(C)(C)C1C=C=C(OCC(O)CCl)CCC1)OCC(O)CCl. The molecule has 0 fully saturated rings. The summed E-state index contributed by atoms with van der Waals surface area (Å²) in [6, 6.07) is 0. The van der Waals surface area contributed by atoms with Crippen LogP contribution in [0, 0.1) is 11.3 Å². The first-order valence-electron chi connectivity index (χ1n) is 9.95. The Morgan fingerprint density at radius 2 is 1.93 bits per heavy atom. The van der Waals surface area contributed by atoms with E-state index in [1.54, 1.807) is 6.08 Å². The van der Waals surface area contributed by atoms with Gasteiger partial charge in [-0.15, -0.1) is 23.2 Å². The lowest BCUT2D eigenvalue weighted by Crippen LogP contribution is -2.23. The number of rotatable bonds is 12. The second kappa shape index (κ2) is 13.2. The molecular formula is C23H34Cl2O4. The fraction of sp³-hybridized carbons (Fsp3) is 0.609. The van der Waals surface area contributed by atoms with E-state index in [1.807, 2.05) is 12.2 Å². The van der Waals surface area contributed by atoms with Crippen molar-refractivity contribution in [3.05, 3.63) is 53.7 Å². The summed E-state index contributed by atoms with van der Waals surface area (Å²) in [5, 5.41) is 19.1. The number of allylic oxidation sites excluding steroid dienone is 5. The third kappa shape index (κ3) is 9.02. The first kappa shape index (κ1) is 25.9. The molecule has 1 aliphatic rings. The summed E-state index contributed by atoms with van der Waals surface area (Å²) >= 11 is 11.2. The molecule has 0 amide bonds. The number of aliphatic hydroxyl groups is 2. The van der Waals surface area contributed by atoms with E-state index >= 15 is 0 Å². The number of halogens is 2. The number of hydrogen-bond acceptors (Lipinski definition) is 4. The Balaban J connectivity index is 2.86. The Bertz CT molecular complexity index is 645. The molecule has 0 aromatic heterocycles. The van der Waals surface area contributed by atoms with E-state index in [0.29, 0.717) is 11.7 Å². The Labute approximate surface area is 185 Å². The van der Waals surface area contributed by atoms with Gasteiger partial charge in [-0.2, -0.15) is 0 Å². The molecule has 3 unspecified atom stereocenters. The first-order valence-corrected chi connectivity index (χ1v) is 11.0. The van der Waals surface area contributed by atoms with Crippen molar-refractivity contribution in [1.82, 2.24) is 0 Å². The van der Waals surface area contributed by atoms with Gasteiger partial charge in [-0.1, -0.05) is 37.8 Å². The molecule has 29 heavy (non-hydrogen) atoms. The zero-order chi connectivity index (χ0) is 21.9. The van der Waals surface area contributed by atoms with Crippen molar-refractivity contribution < 1.29 is 19.7 Å². The molecule has 0 aromatic rings. The van der Waals surface area contributed by atoms with Crippen molar-refractivity contribution in [1.29, 1.82) is 0 Å². The highest BCUT2D eigenvalue weighted by Crippen LogP contribution is 2.40. The van der Waals surface area contributed by atoms with Crippen molar-refractivity contribution in [2.45, 2.75) is 52.2 Å². The lowest BCUT2D eigenvalue weighted by Gasteiger charge is -2.33. The van der Waals surface area contributed by atoms with Gasteiger partial charge in [-0.05, 0) is 49.3 Å². The van der Waals surface area contributed by atoms with Crippen LogP contribution < -0.4 is 0 Å². The second-order valence-electron chi connectivity index (χ2n) is 7.82. The molecular weight excluding hydrogens is 411 g/mol. The van der Waals surface area contributed by atoms with Crippen molar-refractivity contribution in [2.24, 2.45) is 11.3 Å². The normalized spacial score (nSPS) is 20.5. The standard InChI is InChI=1S/C23H34Cl2O4/c1-5-21(28-15-19(26)13-24)11-9-17(2)23(3,4)18-7-6-8-22(12-10-18)29-16-20(27)14-25/h5,9-11,18-20,26-27H,1,6-8,13-16H2,2-4H3/b17-9+,21-11+. The zero-order valence-corrected chi connectivity index (χ0v) is 19.2. The van der Waals surface area contributed by atoms with Crippen LogP contribution in [-0.4, -0.2) is 47.4 Å². The van der Waals surface area contributed by atoms with Gasteiger partial charge in [-0.3, -0.25) is 0 Å². The van der Waals surface area contributed by atoms with Crippen LogP contribution in [0.25, 0.3) is 0 Å². The van der Waals surface area contributed by atoms with E-state index in [1.165, 1.54) is 5.57 Å². The van der Waals surface area contributed by atoms with Gasteiger partial charge in [0.2, 0.25) is 0 Å². The topological polar surface area (TPSA) is 58.9 Å². The molecule has 0 radical (unpaired) electrons. The third-order valence-electron chi connectivity index (χ3n) is 5.26. The summed E-state index contributed by atoms with van der Waals surface area (Å²) in [6.07, 6.45) is 9.04. The van der Waals surface area contributed by atoms with E-state index < -0.39 is 12.2 Å². The molecule has 0 aromatic carbocycles. The summed E-state index contributed by atoms with van der Waals surface area (Å²) in [7, 11) is 0. The molecule has 6 heteroatoms. The number of hydrogen-bond donors (Lipinski definition) is 2. The predicted octanol–water partition coefficient (Wildman–Crippen LogP) is 5.10. The van der Waals surface area contributed by atoms with Gasteiger partial charge in [0.05, 0.1) is 11.8 Å². The molecule has 0 heterocycles. The van der Waals surface area contributed by atoms with Gasteiger partial charge >= 0.3 is 0 Å². The van der Waals surface area contributed by atoms with Crippen molar-refractivity contribution in [3.8, 4) is 0 Å². The van der Waals surface area contributed by atoms with Crippen LogP contribution in [0.3, 0.4) is 0 Å². The molecule has 164 valence electrons. The molecule has 0 saturated carbocycles. The summed E-state index contributed by atoms with van der Waals surface area (Å²) < 4.78 is 11.2. The largest absolute Gasteiger partial charge is 0.491 e. The van der Waals surface area contributed by atoms with Gasteiger partial charge in [0, 0.05) is 6.42 Å². The monoisotopic (exact) mass is 444 g/mol. The Morgan fingerprint density at radius 1 is 1.28 bits per heavy atom. The average Bonchev–Trinajstić information content (AvgIpc) is 2.97. The summed E-state index contributed by atoms with van der Waals surface area (Å²) in [6.45, 7) is 10.6. The maximum atomic E-state index is 9.56. The maximum absolute atomic E-state index is 9.56. The fourth-order valence-electron chi connectivity index (χ4n) is 2.88. The summed E-state index contributed by atoms with van der Waals surface area (Å²) in [5.74, 6) is 1.95. The van der Waals surface area contributed by atoms with Crippen LogP contribution in [0.4, 0.5) is 0 Å². The van der Waals surface area contributed by atoms with Crippen LogP contribution in [-0.2, 0) is 9.47 Å². The lowest BCUT2D eigenvalue weighted by molar-refractivity contribution is 0.0823. The number of alkyl halides is 2. The number of ether oxygens (including phenoxy) is 2. The molecule has 4 nitrogen and oxygen atoms in total. The molecule has 1 aliphatic carbocycles. The van der Waals surface area contributed by atoms with Crippen molar-refractivity contribution in [3.63, 3.8) is 0 Å². The Morgan fingerprint density at radius 3 is 2.55 bits per heavy atom. The number of aliphatic hydroxyl groups excluding tert-OH is 2. The highest BCUT2D eigenvalue weighted by atomic mass is 35.5. The van der Waals surface area contributed by atoms with Gasteiger partial charge in [0.1, 0.15) is 36.9 Å². The Hall–Kier alpha value is -1.16. The van der Waals surface area contributed by atoms with Crippen molar-refractivity contribution >= 4 is 23.2 Å². The maximum Gasteiger partial charge on any atom is 0.138 e. The first-order chi connectivity index (χ1) is 13.7. The zero-order valence-electron chi connectivity index (χ0n) is 17.7. The van der Waals surface area contributed by atoms with Crippen LogP contribution in [0.1, 0.15) is 40.0 Å².